The highest BCUT2D eigenvalue weighted by atomic mass is 16.4. The number of allylic oxidation sites excluding steroid dienone is 2. The summed E-state index contributed by atoms with van der Waals surface area (Å²) in [5.74, 6) is -0.354. The molecule has 1 aliphatic heterocycles. The molecule has 1 N–H and O–H groups in total. The first kappa shape index (κ1) is 24.8. The highest BCUT2D eigenvalue weighted by molar-refractivity contribution is 6.01. The summed E-state index contributed by atoms with van der Waals surface area (Å²) in [6.45, 7) is 14.5. The molecule has 1 saturated heterocycles. The average Bonchev–Trinajstić information content (AvgIpc) is 2.71. The van der Waals surface area contributed by atoms with Crippen LogP contribution >= 0.6 is 0 Å². The van der Waals surface area contributed by atoms with E-state index in [1.165, 1.54) is 18.9 Å². The van der Waals surface area contributed by atoms with Gasteiger partial charge >= 0.3 is 0 Å². The molecule has 4 nitrogen and oxygen atoms in total. The Morgan fingerprint density at radius 3 is 1.71 bits per heavy atom. The topological polar surface area (TPSA) is 55.4 Å². The Morgan fingerprint density at radius 1 is 1.29 bits per heavy atom. The van der Waals surface area contributed by atoms with Crippen molar-refractivity contribution >= 4 is 11.7 Å². The second-order valence-corrected chi connectivity index (χ2v) is 5.29. The third-order valence-electron chi connectivity index (χ3n) is 2.47. The molecule has 0 radical (unpaired) electrons. The van der Waals surface area contributed by atoms with Crippen molar-refractivity contribution in [2.45, 2.75) is 54.9 Å². The lowest BCUT2D eigenvalue weighted by Crippen LogP contribution is -2.24. The molecule has 1 amide bonds. The first-order valence-corrected chi connectivity index (χ1v) is 7.50. The summed E-state index contributed by atoms with van der Waals surface area (Å²) >= 11 is 0. The van der Waals surface area contributed by atoms with Gasteiger partial charge in [-0.15, -0.1) is 0 Å². The Hall–Kier alpha value is -1.16. The Labute approximate surface area is 131 Å². The van der Waals surface area contributed by atoms with Crippen molar-refractivity contribution < 1.29 is 14.3 Å². The van der Waals surface area contributed by atoms with E-state index in [-0.39, 0.29) is 23.5 Å². The minimum Gasteiger partial charge on any atom is -0.388 e. The van der Waals surface area contributed by atoms with E-state index >= 15 is 0 Å². The maximum Gasteiger partial charge on any atom is 0.230 e. The lowest BCUT2D eigenvalue weighted by molar-refractivity contribution is -0.131. The number of nitrogens with one attached hydrogen (secondary N) is 1. The smallest absolute Gasteiger partial charge is 0.230 e. The van der Waals surface area contributed by atoms with E-state index in [1.807, 2.05) is 13.8 Å². The summed E-state index contributed by atoms with van der Waals surface area (Å²) in [5.41, 5.74) is 1.38. The number of methoxy groups -OCH3 is 1. The normalized spacial score (nSPS) is 18.6. The van der Waals surface area contributed by atoms with E-state index in [4.69, 9.17) is 0 Å². The van der Waals surface area contributed by atoms with Gasteiger partial charge in [0.1, 0.15) is 11.7 Å². The first-order chi connectivity index (χ1) is 9.72. The standard InChI is InChI=1S/C7H11NO2.C5H10.C3H8.C2H6O/c1-4-3-8-7(10)6(4)5(2)9;1-4-5(2)3;2*1-3-2/h4,6H,3H2,1-2H3,(H,8,10);4H,1-3H3;3H2,1-2H3;1-2H3. The fraction of sp³-hybridized carbons (Fsp3) is 0.765. The van der Waals surface area contributed by atoms with Crippen molar-refractivity contribution in [2.75, 3.05) is 20.8 Å². The summed E-state index contributed by atoms with van der Waals surface area (Å²) in [6.07, 6.45) is 3.33. The molecule has 0 aliphatic carbocycles. The quantitative estimate of drug-likeness (QED) is 0.594. The number of hydrogen-bond acceptors (Lipinski definition) is 3. The zero-order chi connectivity index (χ0) is 17.4. The number of amides is 1. The van der Waals surface area contributed by atoms with Crippen LogP contribution < -0.4 is 5.32 Å². The van der Waals surface area contributed by atoms with Crippen LogP contribution in [-0.2, 0) is 14.3 Å². The van der Waals surface area contributed by atoms with Crippen molar-refractivity contribution in [3.63, 3.8) is 0 Å². The fourth-order valence-electron chi connectivity index (χ4n) is 1.33. The van der Waals surface area contributed by atoms with Crippen LogP contribution in [0.1, 0.15) is 54.9 Å². The van der Waals surface area contributed by atoms with Gasteiger partial charge in [0.05, 0.1) is 0 Å². The molecule has 21 heavy (non-hydrogen) atoms. The Balaban J connectivity index is -0.000000249. The van der Waals surface area contributed by atoms with Gasteiger partial charge in [0.25, 0.3) is 0 Å². The van der Waals surface area contributed by atoms with Crippen LogP contribution in [-0.4, -0.2) is 32.5 Å². The molecule has 2 atom stereocenters. The van der Waals surface area contributed by atoms with Gasteiger partial charge in [0.15, 0.2) is 0 Å². The summed E-state index contributed by atoms with van der Waals surface area (Å²) < 4.78 is 4.25. The van der Waals surface area contributed by atoms with Gasteiger partial charge in [0, 0.05) is 20.8 Å². The van der Waals surface area contributed by atoms with Crippen molar-refractivity contribution in [3.8, 4) is 0 Å². The lowest BCUT2D eigenvalue weighted by atomic mass is 9.94. The van der Waals surface area contributed by atoms with Crippen LogP contribution in [0.15, 0.2) is 11.6 Å². The molecule has 1 heterocycles. The number of carbonyl (C=O) groups is 2. The van der Waals surface area contributed by atoms with Crippen molar-refractivity contribution in [1.29, 1.82) is 0 Å². The van der Waals surface area contributed by atoms with Crippen LogP contribution in [0.5, 0.6) is 0 Å². The molecule has 126 valence electrons. The maximum atomic E-state index is 10.9. The van der Waals surface area contributed by atoms with Gasteiger partial charge in [-0.25, -0.2) is 0 Å². The number of rotatable bonds is 1. The van der Waals surface area contributed by atoms with Crippen molar-refractivity contribution in [2.24, 2.45) is 11.8 Å². The van der Waals surface area contributed by atoms with Gasteiger partial charge in [-0.05, 0) is 33.6 Å². The molecule has 0 bridgehead atoms. The number of ketones is 1. The lowest BCUT2D eigenvalue weighted by Gasteiger charge is -2.05. The molecule has 0 saturated carbocycles. The Bertz CT molecular complexity index is 292. The summed E-state index contributed by atoms with van der Waals surface area (Å²) in [5, 5.41) is 2.64. The van der Waals surface area contributed by atoms with Gasteiger partial charge in [-0.3, -0.25) is 9.59 Å². The Morgan fingerprint density at radius 2 is 1.62 bits per heavy atom. The van der Waals surface area contributed by atoms with E-state index in [2.05, 4.69) is 43.8 Å². The molecule has 0 spiro atoms. The van der Waals surface area contributed by atoms with Crippen molar-refractivity contribution in [1.82, 2.24) is 5.32 Å². The first-order valence-electron chi connectivity index (χ1n) is 7.50. The van der Waals surface area contributed by atoms with E-state index in [1.54, 1.807) is 14.2 Å². The zero-order valence-corrected chi connectivity index (χ0v) is 15.4. The van der Waals surface area contributed by atoms with Crippen molar-refractivity contribution in [3.05, 3.63) is 11.6 Å². The summed E-state index contributed by atoms with van der Waals surface area (Å²) in [6, 6.07) is 0. The second kappa shape index (κ2) is 16.9. The summed E-state index contributed by atoms with van der Waals surface area (Å²) in [4.78, 5) is 21.7. The maximum absolute atomic E-state index is 10.9. The molecular weight excluding hydrogens is 266 g/mol. The monoisotopic (exact) mass is 301 g/mol. The van der Waals surface area contributed by atoms with Gasteiger partial charge in [-0.1, -0.05) is 38.8 Å². The third kappa shape index (κ3) is 16.8. The zero-order valence-electron chi connectivity index (χ0n) is 15.4. The highest BCUT2D eigenvalue weighted by Gasteiger charge is 2.34. The number of carbonyl (C=O) groups excluding carboxylic acids is 2. The van der Waals surface area contributed by atoms with Gasteiger partial charge in [-0.2, -0.15) is 0 Å². The molecule has 0 aromatic carbocycles. The minimum atomic E-state index is -0.389. The van der Waals surface area contributed by atoms with Crippen LogP contribution in [0.2, 0.25) is 0 Å². The number of Topliss-reactive ketones (excluding diaryl/α,β-unsaturated/α-hetero) is 1. The second-order valence-electron chi connectivity index (χ2n) is 5.29. The molecule has 1 aliphatic rings. The van der Waals surface area contributed by atoms with E-state index in [0.717, 1.165) is 0 Å². The van der Waals surface area contributed by atoms with Crippen LogP contribution in [0.3, 0.4) is 0 Å². The highest BCUT2D eigenvalue weighted by Crippen LogP contribution is 2.17. The van der Waals surface area contributed by atoms with E-state index in [0.29, 0.717) is 6.54 Å². The van der Waals surface area contributed by atoms with Crippen LogP contribution in [0, 0.1) is 11.8 Å². The molecular formula is C17H35NO3. The molecule has 2 unspecified atom stereocenters. The van der Waals surface area contributed by atoms with Crippen LogP contribution in [0.25, 0.3) is 0 Å². The van der Waals surface area contributed by atoms with E-state index in [9.17, 15) is 9.59 Å². The number of ether oxygens (including phenoxy) is 1. The molecule has 1 rings (SSSR count). The predicted molar refractivity (Wildman–Crippen MR) is 90.3 cm³/mol. The third-order valence-corrected chi connectivity index (χ3v) is 2.47. The number of hydrogen-bond donors (Lipinski definition) is 1. The molecule has 1 fully saturated rings. The largest absolute Gasteiger partial charge is 0.388 e. The SMILES string of the molecule is CC(=O)C1C(=O)NCC1C.CC=C(C)C.CCC.COC. The fourth-order valence-corrected chi connectivity index (χ4v) is 1.33. The average molecular weight is 301 g/mol. The molecule has 0 aromatic heterocycles. The van der Waals surface area contributed by atoms with Crippen LogP contribution in [0.4, 0.5) is 0 Å². The molecule has 4 heteroatoms. The summed E-state index contributed by atoms with van der Waals surface area (Å²) in [7, 11) is 3.25. The van der Waals surface area contributed by atoms with E-state index < -0.39 is 0 Å². The Kier molecular flexibility index (Phi) is 20.0. The minimum absolute atomic E-state index is 0.0255. The predicted octanol–water partition coefficient (Wildman–Crippen LogP) is 3.61. The van der Waals surface area contributed by atoms with Gasteiger partial charge in [0.2, 0.25) is 5.91 Å². The molecule has 0 aromatic rings. The van der Waals surface area contributed by atoms with Gasteiger partial charge < -0.3 is 10.1 Å².